The SMILES string of the molecule is C=C1COc2c(F)cc(-c3nc(Nc4ccc(N5CCNCC5)c(F)c4)ncc3Cl)cc2N1C(C)C. The quantitative estimate of drug-likeness (QED) is 0.478. The van der Waals surface area contributed by atoms with E-state index in [9.17, 15) is 4.39 Å². The Morgan fingerprint density at radius 3 is 2.61 bits per heavy atom. The number of aromatic nitrogens is 2. The Balaban J connectivity index is 1.45. The molecule has 7 nitrogen and oxygen atoms in total. The zero-order valence-corrected chi connectivity index (χ0v) is 20.9. The van der Waals surface area contributed by atoms with E-state index < -0.39 is 5.82 Å². The van der Waals surface area contributed by atoms with Gasteiger partial charge in [0.1, 0.15) is 12.4 Å². The van der Waals surface area contributed by atoms with E-state index in [4.69, 9.17) is 16.3 Å². The first-order chi connectivity index (χ1) is 17.3. The van der Waals surface area contributed by atoms with Gasteiger partial charge < -0.3 is 25.2 Å². The third-order valence-corrected chi connectivity index (χ3v) is 6.48. The zero-order chi connectivity index (χ0) is 25.4. The minimum atomic E-state index is -0.518. The van der Waals surface area contributed by atoms with E-state index in [1.807, 2.05) is 23.6 Å². The van der Waals surface area contributed by atoms with Gasteiger partial charge in [-0.3, -0.25) is 0 Å². The Bertz CT molecular complexity index is 1310. The molecule has 0 unspecified atom stereocenters. The molecule has 10 heteroatoms. The van der Waals surface area contributed by atoms with Gasteiger partial charge in [0.25, 0.3) is 0 Å². The Morgan fingerprint density at radius 2 is 1.89 bits per heavy atom. The molecule has 0 spiro atoms. The second-order valence-electron chi connectivity index (χ2n) is 9.04. The number of ether oxygens (including phenoxy) is 1. The van der Waals surface area contributed by atoms with Crippen molar-refractivity contribution in [1.82, 2.24) is 15.3 Å². The fourth-order valence-corrected chi connectivity index (χ4v) is 4.78. The van der Waals surface area contributed by atoms with Crippen LogP contribution in [0.25, 0.3) is 11.3 Å². The number of nitrogens with zero attached hydrogens (tertiary/aromatic N) is 4. The monoisotopic (exact) mass is 512 g/mol. The fourth-order valence-electron chi connectivity index (χ4n) is 4.58. The molecule has 1 aromatic heterocycles. The van der Waals surface area contributed by atoms with E-state index in [0.29, 0.717) is 28.3 Å². The lowest BCUT2D eigenvalue weighted by atomic mass is 10.1. The third kappa shape index (κ3) is 4.68. The summed E-state index contributed by atoms with van der Waals surface area (Å²) >= 11 is 6.42. The predicted molar refractivity (Wildman–Crippen MR) is 139 cm³/mol. The summed E-state index contributed by atoms with van der Waals surface area (Å²) in [6.07, 6.45) is 1.44. The minimum Gasteiger partial charge on any atom is -0.482 e. The van der Waals surface area contributed by atoms with Crippen LogP contribution < -0.4 is 25.2 Å². The summed E-state index contributed by atoms with van der Waals surface area (Å²) in [6.45, 7) is 11.4. The average Bonchev–Trinajstić information content (AvgIpc) is 2.85. The smallest absolute Gasteiger partial charge is 0.227 e. The maximum Gasteiger partial charge on any atom is 0.227 e. The predicted octanol–water partition coefficient (Wildman–Crippen LogP) is 5.35. The lowest BCUT2D eigenvalue weighted by Crippen LogP contribution is -2.43. The third-order valence-electron chi connectivity index (χ3n) is 6.20. The van der Waals surface area contributed by atoms with Gasteiger partial charge in [0.2, 0.25) is 5.95 Å². The molecule has 3 aromatic rings. The molecule has 36 heavy (non-hydrogen) atoms. The number of hydrogen-bond acceptors (Lipinski definition) is 7. The van der Waals surface area contributed by atoms with Gasteiger partial charge in [-0.2, -0.15) is 0 Å². The minimum absolute atomic E-state index is 0.0481. The Kier molecular flexibility index (Phi) is 6.68. The van der Waals surface area contributed by atoms with Crippen molar-refractivity contribution in [2.75, 3.05) is 47.9 Å². The highest BCUT2D eigenvalue weighted by molar-refractivity contribution is 6.33. The van der Waals surface area contributed by atoms with E-state index in [0.717, 1.165) is 31.9 Å². The molecule has 2 N–H and O–H groups in total. The van der Waals surface area contributed by atoms with Crippen molar-refractivity contribution in [3.8, 4) is 17.0 Å². The maximum absolute atomic E-state index is 15.1. The molecule has 3 heterocycles. The molecule has 0 radical (unpaired) electrons. The number of hydrogen-bond donors (Lipinski definition) is 2. The van der Waals surface area contributed by atoms with Crippen LogP contribution in [0.5, 0.6) is 5.75 Å². The first kappa shape index (κ1) is 24.3. The van der Waals surface area contributed by atoms with Crippen LogP contribution in [0.15, 0.2) is 48.8 Å². The van der Waals surface area contributed by atoms with Crippen LogP contribution in [0.1, 0.15) is 13.8 Å². The Morgan fingerprint density at radius 1 is 1.11 bits per heavy atom. The van der Waals surface area contributed by atoms with E-state index in [2.05, 4.69) is 27.2 Å². The summed E-state index contributed by atoms with van der Waals surface area (Å²) in [7, 11) is 0. The number of fused-ring (bicyclic) bond motifs is 1. The molecule has 1 saturated heterocycles. The number of benzene rings is 2. The number of piperazine rings is 1. The standard InChI is InChI=1S/C26H27ClF2N6O/c1-15(2)35-16(3)14-36-25-21(29)10-17(11-23(25)35)24-19(27)13-31-26(33-24)32-18-4-5-22(20(28)12-18)34-8-6-30-7-9-34/h4-5,10-13,15,30H,3,6-9,14H2,1-2H3,(H,31,32,33). The van der Waals surface area contributed by atoms with Gasteiger partial charge >= 0.3 is 0 Å². The van der Waals surface area contributed by atoms with Gasteiger partial charge in [-0.15, -0.1) is 0 Å². The van der Waals surface area contributed by atoms with Crippen LogP contribution in [-0.4, -0.2) is 48.8 Å². The van der Waals surface area contributed by atoms with Gasteiger partial charge in [-0.25, -0.2) is 18.7 Å². The summed E-state index contributed by atoms with van der Waals surface area (Å²) in [5.41, 5.74) is 3.15. The summed E-state index contributed by atoms with van der Waals surface area (Å²) in [5, 5.41) is 6.55. The van der Waals surface area contributed by atoms with E-state index in [-0.39, 0.29) is 35.2 Å². The van der Waals surface area contributed by atoms with Crippen molar-refractivity contribution < 1.29 is 13.5 Å². The molecular weight excluding hydrogens is 486 g/mol. The fraction of sp³-hybridized carbons (Fsp3) is 0.308. The van der Waals surface area contributed by atoms with Gasteiger partial charge in [-0.05, 0) is 44.2 Å². The molecule has 2 aromatic carbocycles. The molecule has 0 amide bonds. The van der Waals surface area contributed by atoms with Crippen LogP contribution in [0, 0.1) is 11.6 Å². The van der Waals surface area contributed by atoms with E-state index >= 15 is 4.39 Å². The number of anilines is 4. The van der Waals surface area contributed by atoms with Crippen molar-refractivity contribution in [2.45, 2.75) is 19.9 Å². The number of halogens is 3. The lowest BCUT2D eigenvalue weighted by Gasteiger charge is -2.36. The van der Waals surface area contributed by atoms with Crippen molar-refractivity contribution in [2.24, 2.45) is 0 Å². The molecule has 2 aliphatic rings. The summed E-state index contributed by atoms with van der Waals surface area (Å²) < 4.78 is 35.5. The summed E-state index contributed by atoms with van der Waals surface area (Å²) in [5.74, 6) is -0.469. The molecular formula is C26H27ClF2N6O. The van der Waals surface area contributed by atoms with Crippen LogP contribution in [-0.2, 0) is 0 Å². The first-order valence-corrected chi connectivity index (χ1v) is 12.2. The molecule has 0 aliphatic carbocycles. The number of nitrogens with one attached hydrogen (secondary N) is 2. The Labute approximate surface area is 213 Å². The summed E-state index contributed by atoms with van der Waals surface area (Å²) in [6, 6.07) is 8.10. The molecule has 0 saturated carbocycles. The van der Waals surface area contributed by atoms with Gasteiger partial charge in [0, 0.05) is 49.2 Å². The highest BCUT2D eigenvalue weighted by Gasteiger charge is 2.28. The van der Waals surface area contributed by atoms with Gasteiger partial charge in [-0.1, -0.05) is 18.2 Å². The summed E-state index contributed by atoms with van der Waals surface area (Å²) in [4.78, 5) is 12.7. The molecule has 0 atom stereocenters. The normalized spacial score (nSPS) is 15.7. The molecule has 0 bridgehead atoms. The van der Waals surface area contributed by atoms with Crippen LogP contribution >= 0.6 is 11.6 Å². The van der Waals surface area contributed by atoms with Crippen LogP contribution in [0.2, 0.25) is 5.02 Å². The number of rotatable bonds is 5. The Hall–Kier alpha value is -3.43. The highest BCUT2D eigenvalue weighted by Crippen LogP contribution is 2.42. The van der Waals surface area contributed by atoms with Crippen LogP contribution in [0.4, 0.5) is 31.8 Å². The van der Waals surface area contributed by atoms with E-state index in [1.165, 1.54) is 18.3 Å². The highest BCUT2D eigenvalue weighted by atomic mass is 35.5. The molecule has 1 fully saturated rings. The second kappa shape index (κ2) is 9.91. The average molecular weight is 513 g/mol. The van der Waals surface area contributed by atoms with Crippen molar-refractivity contribution in [1.29, 1.82) is 0 Å². The van der Waals surface area contributed by atoms with Crippen molar-refractivity contribution >= 4 is 34.6 Å². The zero-order valence-electron chi connectivity index (χ0n) is 20.1. The van der Waals surface area contributed by atoms with Crippen molar-refractivity contribution in [3.63, 3.8) is 0 Å². The van der Waals surface area contributed by atoms with Crippen molar-refractivity contribution in [3.05, 3.63) is 65.5 Å². The van der Waals surface area contributed by atoms with Gasteiger partial charge in [0.15, 0.2) is 11.6 Å². The largest absolute Gasteiger partial charge is 0.482 e. The van der Waals surface area contributed by atoms with Crippen LogP contribution in [0.3, 0.4) is 0 Å². The molecule has 5 rings (SSSR count). The topological polar surface area (TPSA) is 65.5 Å². The molecule has 188 valence electrons. The lowest BCUT2D eigenvalue weighted by molar-refractivity contribution is 0.314. The second-order valence-corrected chi connectivity index (χ2v) is 9.45. The van der Waals surface area contributed by atoms with Gasteiger partial charge in [0.05, 0.1) is 28.3 Å². The first-order valence-electron chi connectivity index (χ1n) is 11.8. The maximum atomic E-state index is 15.1. The van der Waals surface area contributed by atoms with E-state index in [1.54, 1.807) is 18.2 Å². The molecule has 2 aliphatic heterocycles.